The summed E-state index contributed by atoms with van der Waals surface area (Å²) in [5.41, 5.74) is 2.00. The van der Waals surface area contributed by atoms with Gasteiger partial charge in [0.15, 0.2) is 5.96 Å². The molecule has 2 N–H and O–H groups in total. The van der Waals surface area contributed by atoms with Gasteiger partial charge in [0.1, 0.15) is 5.82 Å². The van der Waals surface area contributed by atoms with Crippen LogP contribution in [0, 0.1) is 5.82 Å². The van der Waals surface area contributed by atoms with E-state index in [2.05, 4.69) is 48.2 Å². The van der Waals surface area contributed by atoms with Gasteiger partial charge in [-0.1, -0.05) is 6.07 Å². The molecule has 2 aromatic rings. The molecule has 6 nitrogen and oxygen atoms in total. The number of benzene rings is 1. The van der Waals surface area contributed by atoms with Gasteiger partial charge in [0.25, 0.3) is 0 Å². The lowest BCUT2D eigenvalue weighted by Crippen LogP contribution is -2.52. The lowest BCUT2D eigenvalue weighted by atomic mass is 10.2. The number of rotatable bonds is 5. The van der Waals surface area contributed by atoms with Gasteiger partial charge in [0.05, 0.1) is 16.7 Å². The highest BCUT2D eigenvalue weighted by molar-refractivity contribution is 14.0. The molecule has 1 aliphatic heterocycles. The third kappa shape index (κ3) is 6.42. The van der Waals surface area contributed by atoms with Crippen molar-refractivity contribution in [3.8, 4) is 0 Å². The Hall–Kier alpha value is -1.20. The van der Waals surface area contributed by atoms with Gasteiger partial charge in [-0.25, -0.2) is 9.38 Å². The van der Waals surface area contributed by atoms with Crippen LogP contribution in [0.1, 0.15) is 18.2 Å². The largest absolute Gasteiger partial charge is 0.357 e. The molecule has 1 aliphatic rings. The fourth-order valence-corrected chi connectivity index (χ4v) is 3.22. The number of guanidine groups is 1. The van der Waals surface area contributed by atoms with E-state index in [4.69, 9.17) is 4.99 Å². The third-order valence-electron chi connectivity index (χ3n) is 4.35. The Morgan fingerprint density at radius 2 is 2.07 bits per heavy atom. The van der Waals surface area contributed by atoms with Crippen molar-refractivity contribution < 1.29 is 4.39 Å². The maximum absolute atomic E-state index is 13.7. The highest BCUT2D eigenvalue weighted by Gasteiger charge is 2.20. The number of halogens is 3. The molecule has 1 aromatic carbocycles. The van der Waals surface area contributed by atoms with Crippen molar-refractivity contribution >= 4 is 45.9 Å². The van der Waals surface area contributed by atoms with Crippen molar-refractivity contribution in [2.24, 2.45) is 4.99 Å². The molecule has 9 heteroatoms. The Morgan fingerprint density at radius 3 is 2.70 bits per heavy atom. The maximum atomic E-state index is 13.7. The average Bonchev–Trinajstić information content (AvgIpc) is 3.16. The van der Waals surface area contributed by atoms with Gasteiger partial charge in [-0.3, -0.25) is 10.00 Å². The van der Waals surface area contributed by atoms with E-state index in [9.17, 15) is 4.39 Å². The quantitative estimate of drug-likeness (QED) is 0.341. The van der Waals surface area contributed by atoms with E-state index in [1.54, 1.807) is 18.3 Å². The molecule has 2 heterocycles. The first-order valence-corrected chi connectivity index (χ1v) is 9.63. The monoisotopic (exact) mass is 550 g/mol. The Labute approximate surface area is 184 Å². The number of aliphatic imine (C=N–C) groups is 1. The molecule has 27 heavy (non-hydrogen) atoms. The maximum Gasteiger partial charge on any atom is 0.194 e. The van der Waals surface area contributed by atoms with Crippen LogP contribution in [-0.4, -0.2) is 58.7 Å². The molecular weight excluding hydrogens is 526 g/mol. The number of H-pyrrole nitrogens is 1. The van der Waals surface area contributed by atoms with Gasteiger partial charge < -0.3 is 10.2 Å². The highest BCUT2D eigenvalue weighted by Crippen LogP contribution is 2.18. The van der Waals surface area contributed by atoms with Crippen molar-refractivity contribution in [1.82, 2.24) is 25.3 Å². The number of aromatic nitrogens is 2. The number of aromatic amines is 1. The van der Waals surface area contributed by atoms with E-state index in [1.807, 2.05) is 12.1 Å². The second kappa shape index (κ2) is 11.0. The Kier molecular flexibility index (Phi) is 8.97. The van der Waals surface area contributed by atoms with E-state index in [-0.39, 0.29) is 29.8 Å². The summed E-state index contributed by atoms with van der Waals surface area (Å²) in [6.07, 6.45) is 1.74. The van der Waals surface area contributed by atoms with E-state index in [0.29, 0.717) is 11.0 Å². The van der Waals surface area contributed by atoms with Crippen molar-refractivity contribution in [2.75, 3.05) is 32.7 Å². The van der Waals surface area contributed by atoms with Gasteiger partial charge >= 0.3 is 0 Å². The van der Waals surface area contributed by atoms with Crippen molar-refractivity contribution in [1.29, 1.82) is 0 Å². The minimum atomic E-state index is -0.207. The number of piperazine rings is 1. The summed E-state index contributed by atoms with van der Waals surface area (Å²) in [5, 5.41) is 10.3. The molecule has 0 amide bonds. The van der Waals surface area contributed by atoms with Crippen LogP contribution in [-0.2, 0) is 13.1 Å². The Balaban J connectivity index is 0.00000261. The molecule has 1 saturated heterocycles. The van der Waals surface area contributed by atoms with Crippen LogP contribution in [0.3, 0.4) is 0 Å². The Morgan fingerprint density at radius 1 is 1.30 bits per heavy atom. The predicted molar refractivity (Wildman–Crippen MR) is 120 cm³/mol. The summed E-state index contributed by atoms with van der Waals surface area (Å²) < 4.78 is 14.2. The van der Waals surface area contributed by atoms with E-state index in [1.165, 1.54) is 0 Å². The van der Waals surface area contributed by atoms with E-state index >= 15 is 0 Å². The summed E-state index contributed by atoms with van der Waals surface area (Å²) in [7, 11) is 0. The van der Waals surface area contributed by atoms with E-state index < -0.39 is 0 Å². The van der Waals surface area contributed by atoms with Gasteiger partial charge in [-0.05, 0) is 46.6 Å². The summed E-state index contributed by atoms with van der Waals surface area (Å²) >= 11 is 3.20. The first kappa shape index (κ1) is 22.1. The minimum absolute atomic E-state index is 0. The molecular formula is C18H25BrFIN6. The van der Waals surface area contributed by atoms with Crippen LogP contribution < -0.4 is 5.32 Å². The zero-order valence-corrected chi connectivity index (χ0v) is 19.2. The second-order valence-corrected chi connectivity index (χ2v) is 7.12. The summed E-state index contributed by atoms with van der Waals surface area (Å²) in [6, 6.07) is 7.27. The normalized spacial score (nSPS) is 15.5. The van der Waals surface area contributed by atoms with Crippen molar-refractivity contribution in [3.63, 3.8) is 0 Å². The fourth-order valence-electron chi connectivity index (χ4n) is 2.97. The summed E-state index contributed by atoms with van der Waals surface area (Å²) in [4.78, 5) is 9.32. The smallest absolute Gasteiger partial charge is 0.194 e. The van der Waals surface area contributed by atoms with Crippen molar-refractivity contribution in [3.05, 3.63) is 52.0 Å². The van der Waals surface area contributed by atoms with Crippen LogP contribution in [0.4, 0.5) is 4.39 Å². The predicted octanol–water partition coefficient (Wildman–Crippen LogP) is 3.21. The molecule has 0 atom stereocenters. The summed E-state index contributed by atoms with van der Waals surface area (Å²) in [5.74, 6) is 0.720. The first-order chi connectivity index (χ1) is 12.7. The zero-order valence-electron chi connectivity index (χ0n) is 15.3. The van der Waals surface area contributed by atoms with Crippen LogP contribution >= 0.6 is 39.9 Å². The zero-order chi connectivity index (χ0) is 18.4. The topological polar surface area (TPSA) is 59.6 Å². The average molecular weight is 551 g/mol. The van der Waals surface area contributed by atoms with Crippen LogP contribution in [0.2, 0.25) is 0 Å². The van der Waals surface area contributed by atoms with Gasteiger partial charge in [0.2, 0.25) is 0 Å². The van der Waals surface area contributed by atoms with Crippen LogP contribution in [0.5, 0.6) is 0 Å². The molecule has 0 radical (unpaired) electrons. The third-order valence-corrected chi connectivity index (χ3v) is 5.00. The molecule has 0 unspecified atom stereocenters. The first-order valence-electron chi connectivity index (χ1n) is 8.83. The van der Waals surface area contributed by atoms with E-state index in [0.717, 1.165) is 56.5 Å². The molecule has 0 bridgehead atoms. The van der Waals surface area contributed by atoms with Crippen LogP contribution in [0.15, 0.2) is 39.9 Å². The number of nitrogens with one attached hydrogen (secondary N) is 2. The Bertz CT molecular complexity index is 731. The minimum Gasteiger partial charge on any atom is -0.357 e. The second-order valence-electron chi connectivity index (χ2n) is 6.26. The number of nitrogens with zero attached hydrogens (tertiary/aromatic N) is 4. The molecule has 3 rings (SSSR count). The van der Waals surface area contributed by atoms with Crippen LogP contribution in [0.25, 0.3) is 0 Å². The number of hydrogen-bond acceptors (Lipinski definition) is 3. The lowest BCUT2D eigenvalue weighted by molar-refractivity contribution is 0.172. The molecule has 148 valence electrons. The standard InChI is InChI=1S/C18H24BrFN6.HI/c1-2-21-18(22-12-15-5-6-23-24-15)26-9-7-25(8-10-26)13-14-3-4-16(19)17(20)11-14;/h3-6,11H,2,7-10,12-13H2,1H3,(H,21,22)(H,23,24);1H. The lowest BCUT2D eigenvalue weighted by Gasteiger charge is -2.36. The van der Waals surface area contributed by atoms with Gasteiger partial charge in [-0.2, -0.15) is 5.10 Å². The van der Waals surface area contributed by atoms with Crippen molar-refractivity contribution in [2.45, 2.75) is 20.0 Å². The molecule has 0 aliphatic carbocycles. The van der Waals surface area contributed by atoms with Gasteiger partial charge in [0, 0.05) is 45.5 Å². The number of hydrogen-bond donors (Lipinski definition) is 2. The molecule has 0 saturated carbocycles. The SMILES string of the molecule is CCNC(=NCc1ccn[nH]1)N1CCN(Cc2ccc(Br)c(F)c2)CC1.I. The molecule has 1 fully saturated rings. The molecule has 0 spiro atoms. The fraction of sp³-hybridized carbons (Fsp3) is 0.444. The summed E-state index contributed by atoms with van der Waals surface area (Å²) in [6.45, 7) is 7.89. The highest BCUT2D eigenvalue weighted by atomic mass is 127. The van der Waals surface area contributed by atoms with Gasteiger partial charge in [-0.15, -0.1) is 24.0 Å². The molecule has 1 aromatic heterocycles.